The normalized spacial score (nSPS) is 11.7. The number of hydrogen-bond donors (Lipinski definition) is 2. The molecule has 0 aliphatic heterocycles. The molecule has 0 radical (unpaired) electrons. The third kappa shape index (κ3) is 5.77. The molecule has 2 N–H and O–H groups in total. The molecule has 122 valence electrons. The fourth-order valence-corrected chi connectivity index (χ4v) is 2.75. The fourth-order valence-electron chi connectivity index (χ4n) is 1.93. The summed E-state index contributed by atoms with van der Waals surface area (Å²) in [6.45, 7) is 1.40. The molecule has 1 aromatic carbocycles. The van der Waals surface area contributed by atoms with Crippen LogP contribution in [0.25, 0.3) is 0 Å². The van der Waals surface area contributed by atoms with E-state index in [1.807, 2.05) is 31.3 Å². The molecule has 0 aliphatic rings. The Hall–Kier alpha value is -1.40. The van der Waals surface area contributed by atoms with E-state index < -0.39 is 6.04 Å². The third-order valence-electron chi connectivity index (χ3n) is 3.00. The predicted molar refractivity (Wildman–Crippen MR) is 95.0 cm³/mol. The standard InChI is InChI=1S/C15H22ClN3O2S/c1-10(20)17-13(7-8-22-4)15(21)18-11-5-6-14(19(2)3)12(16)9-11/h5-6,9,13H,7-8H2,1-4H3,(H,17,20)(H,18,21)/t13-/m0/s1. The van der Waals surface area contributed by atoms with Gasteiger partial charge in [-0.05, 0) is 36.6 Å². The van der Waals surface area contributed by atoms with E-state index >= 15 is 0 Å². The summed E-state index contributed by atoms with van der Waals surface area (Å²) in [5.74, 6) is 0.332. The number of amides is 2. The van der Waals surface area contributed by atoms with Gasteiger partial charge in [0, 0.05) is 26.7 Å². The van der Waals surface area contributed by atoms with Crippen LogP contribution in [0.5, 0.6) is 0 Å². The van der Waals surface area contributed by atoms with Crippen LogP contribution in [-0.2, 0) is 9.59 Å². The summed E-state index contributed by atoms with van der Waals surface area (Å²) in [5, 5.41) is 6.03. The molecule has 2 amide bonds. The number of carbonyl (C=O) groups excluding carboxylic acids is 2. The third-order valence-corrected chi connectivity index (χ3v) is 3.95. The van der Waals surface area contributed by atoms with Gasteiger partial charge in [0.1, 0.15) is 6.04 Å². The Morgan fingerprint density at radius 3 is 2.55 bits per heavy atom. The van der Waals surface area contributed by atoms with Gasteiger partial charge in [0.15, 0.2) is 0 Å². The maximum absolute atomic E-state index is 12.3. The van der Waals surface area contributed by atoms with Gasteiger partial charge in [0.25, 0.3) is 0 Å². The molecule has 0 bridgehead atoms. The highest BCUT2D eigenvalue weighted by atomic mass is 35.5. The molecule has 0 saturated heterocycles. The number of thioether (sulfide) groups is 1. The van der Waals surface area contributed by atoms with Crippen LogP contribution in [0.2, 0.25) is 5.02 Å². The SMILES string of the molecule is CSCC[C@H](NC(C)=O)C(=O)Nc1ccc(N(C)C)c(Cl)c1. The van der Waals surface area contributed by atoms with Crippen molar-refractivity contribution in [3.8, 4) is 0 Å². The first kappa shape index (κ1) is 18.6. The van der Waals surface area contributed by atoms with Crippen LogP contribution in [0, 0.1) is 0 Å². The first-order valence-corrected chi connectivity index (χ1v) is 8.66. The molecular weight excluding hydrogens is 322 g/mol. The summed E-state index contributed by atoms with van der Waals surface area (Å²) in [4.78, 5) is 25.4. The second-order valence-corrected chi connectivity index (χ2v) is 6.48. The number of nitrogens with zero attached hydrogens (tertiary/aromatic N) is 1. The number of nitrogens with one attached hydrogen (secondary N) is 2. The van der Waals surface area contributed by atoms with Gasteiger partial charge < -0.3 is 15.5 Å². The molecule has 0 aliphatic carbocycles. The van der Waals surface area contributed by atoms with Crippen LogP contribution in [-0.4, -0.2) is 44.0 Å². The Morgan fingerprint density at radius 1 is 1.36 bits per heavy atom. The lowest BCUT2D eigenvalue weighted by atomic mass is 10.2. The zero-order valence-electron chi connectivity index (χ0n) is 13.3. The number of halogens is 1. The zero-order valence-corrected chi connectivity index (χ0v) is 14.8. The number of hydrogen-bond acceptors (Lipinski definition) is 4. The highest BCUT2D eigenvalue weighted by molar-refractivity contribution is 7.98. The summed E-state index contributed by atoms with van der Waals surface area (Å²) in [6, 6.07) is 4.79. The van der Waals surface area contributed by atoms with E-state index in [0.717, 1.165) is 11.4 Å². The number of anilines is 2. The maximum Gasteiger partial charge on any atom is 0.246 e. The predicted octanol–water partition coefficient (Wildman–Crippen LogP) is 2.60. The molecule has 0 spiro atoms. The minimum absolute atomic E-state index is 0.220. The molecule has 0 unspecified atom stereocenters. The first-order chi connectivity index (χ1) is 10.3. The lowest BCUT2D eigenvalue weighted by molar-refractivity contribution is -0.125. The van der Waals surface area contributed by atoms with Crippen LogP contribution >= 0.6 is 23.4 Å². The molecule has 0 fully saturated rings. The van der Waals surface area contributed by atoms with Crippen LogP contribution < -0.4 is 15.5 Å². The Labute approximate surface area is 140 Å². The molecule has 7 heteroatoms. The maximum atomic E-state index is 12.3. The van der Waals surface area contributed by atoms with Crippen LogP contribution in [0.4, 0.5) is 11.4 Å². The molecule has 0 heterocycles. The van der Waals surface area contributed by atoms with Gasteiger partial charge in [-0.15, -0.1) is 0 Å². The van der Waals surface area contributed by atoms with E-state index in [9.17, 15) is 9.59 Å². The lowest BCUT2D eigenvalue weighted by Gasteiger charge is -2.19. The average molecular weight is 344 g/mol. The van der Waals surface area contributed by atoms with Gasteiger partial charge in [0.05, 0.1) is 10.7 Å². The van der Waals surface area contributed by atoms with Crippen molar-refractivity contribution in [1.29, 1.82) is 0 Å². The summed E-state index contributed by atoms with van der Waals surface area (Å²) in [7, 11) is 3.80. The van der Waals surface area contributed by atoms with Crippen molar-refractivity contribution in [2.75, 3.05) is 36.3 Å². The molecule has 5 nitrogen and oxygen atoms in total. The minimum atomic E-state index is -0.544. The van der Waals surface area contributed by atoms with Crippen molar-refractivity contribution in [2.24, 2.45) is 0 Å². The molecule has 0 saturated carbocycles. The van der Waals surface area contributed by atoms with E-state index in [1.54, 1.807) is 23.9 Å². The summed E-state index contributed by atoms with van der Waals surface area (Å²) >= 11 is 7.82. The lowest BCUT2D eigenvalue weighted by Crippen LogP contribution is -2.43. The van der Waals surface area contributed by atoms with Gasteiger partial charge in [-0.3, -0.25) is 9.59 Å². The fraction of sp³-hybridized carbons (Fsp3) is 0.467. The Balaban J connectivity index is 2.79. The number of rotatable bonds is 7. The largest absolute Gasteiger partial charge is 0.376 e. The zero-order chi connectivity index (χ0) is 16.7. The molecular formula is C15H22ClN3O2S. The van der Waals surface area contributed by atoms with Crippen LogP contribution in [0.3, 0.4) is 0 Å². The van der Waals surface area contributed by atoms with E-state index in [0.29, 0.717) is 17.1 Å². The monoisotopic (exact) mass is 343 g/mol. The quantitative estimate of drug-likeness (QED) is 0.799. The first-order valence-electron chi connectivity index (χ1n) is 6.89. The van der Waals surface area contributed by atoms with Gasteiger partial charge in [0.2, 0.25) is 11.8 Å². The van der Waals surface area contributed by atoms with Crippen molar-refractivity contribution in [2.45, 2.75) is 19.4 Å². The van der Waals surface area contributed by atoms with Crippen molar-refractivity contribution in [3.63, 3.8) is 0 Å². The van der Waals surface area contributed by atoms with Crippen molar-refractivity contribution in [3.05, 3.63) is 23.2 Å². The average Bonchev–Trinajstić information content (AvgIpc) is 2.42. The van der Waals surface area contributed by atoms with Gasteiger partial charge >= 0.3 is 0 Å². The van der Waals surface area contributed by atoms with Crippen molar-refractivity contribution in [1.82, 2.24) is 5.32 Å². The van der Waals surface area contributed by atoms with E-state index in [4.69, 9.17) is 11.6 Å². The molecule has 1 atom stereocenters. The van der Waals surface area contributed by atoms with Crippen molar-refractivity contribution >= 4 is 46.6 Å². The summed E-state index contributed by atoms with van der Waals surface area (Å²) in [5.41, 5.74) is 1.49. The second-order valence-electron chi connectivity index (χ2n) is 5.08. The Morgan fingerprint density at radius 2 is 2.05 bits per heavy atom. The molecule has 0 aromatic heterocycles. The smallest absolute Gasteiger partial charge is 0.246 e. The van der Waals surface area contributed by atoms with Crippen LogP contribution in [0.1, 0.15) is 13.3 Å². The van der Waals surface area contributed by atoms with Gasteiger partial charge in [-0.1, -0.05) is 11.6 Å². The highest BCUT2D eigenvalue weighted by Crippen LogP contribution is 2.27. The number of benzene rings is 1. The Kier molecular flexibility index (Phi) is 7.55. The van der Waals surface area contributed by atoms with E-state index in [-0.39, 0.29) is 11.8 Å². The molecule has 22 heavy (non-hydrogen) atoms. The topological polar surface area (TPSA) is 61.4 Å². The van der Waals surface area contributed by atoms with Crippen LogP contribution in [0.15, 0.2) is 18.2 Å². The summed E-state index contributed by atoms with van der Waals surface area (Å²) < 4.78 is 0. The van der Waals surface area contributed by atoms with E-state index in [2.05, 4.69) is 10.6 Å². The highest BCUT2D eigenvalue weighted by Gasteiger charge is 2.19. The van der Waals surface area contributed by atoms with Crippen molar-refractivity contribution < 1.29 is 9.59 Å². The Bertz CT molecular complexity index is 538. The second kappa shape index (κ2) is 8.90. The number of carbonyl (C=O) groups is 2. The minimum Gasteiger partial charge on any atom is -0.376 e. The summed E-state index contributed by atoms with van der Waals surface area (Å²) in [6.07, 6.45) is 2.54. The van der Waals surface area contributed by atoms with Gasteiger partial charge in [-0.2, -0.15) is 11.8 Å². The molecule has 1 aromatic rings. The van der Waals surface area contributed by atoms with E-state index in [1.165, 1.54) is 6.92 Å². The van der Waals surface area contributed by atoms with Gasteiger partial charge in [-0.25, -0.2) is 0 Å². The molecule has 1 rings (SSSR count).